The van der Waals surface area contributed by atoms with E-state index in [9.17, 15) is 14.0 Å². The summed E-state index contributed by atoms with van der Waals surface area (Å²) in [6.45, 7) is 5.37. The van der Waals surface area contributed by atoms with E-state index in [2.05, 4.69) is 20.5 Å². The van der Waals surface area contributed by atoms with Crippen LogP contribution in [-0.4, -0.2) is 73.9 Å². The number of ether oxygens (including phenoxy) is 3. The fourth-order valence-electron chi connectivity index (χ4n) is 6.14. The van der Waals surface area contributed by atoms with Crippen molar-refractivity contribution in [2.24, 2.45) is 5.41 Å². The molecule has 3 aliphatic rings. The van der Waals surface area contributed by atoms with Crippen molar-refractivity contribution in [3.63, 3.8) is 0 Å². The molecule has 42 heavy (non-hydrogen) atoms. The van der Waals surface area contributed by atoms with Crippen molar-refractivity contribution in [1.29, 1.82) is 0 Å². The number of carbonyl (C=O) groups is 2. The van der Waals surface area contributed by atoms with E-state index in [1.165, 1.54) is 19.2 Å². The summed E-state index contributed by atoms with van der Waals surface area (Å²) in [7, 11) is 1.29. The van der Waals surface area contributed by atoms with E-state index in [1.807, 2.05) is 25.1 Å². The maximum absolute atomic E-state index is 13.8. The van der Waals surface area contributed by atoms with Gasteiger partial charge in [0.25, 0.3) is 5.91 Å². The fourth-order valence-corrected chi connectivity index (χ4v) is 6.14. The minimum Gasteiger partial charge on any atom is -0.488 e. The molecule has 11 heteroatoms. The number of amides is 1. The molecule has 2 saturated heterocycles. The van der Waals surface area contributed by atoms with Gasteiger partial charge in [0.05, 0.1) is 36.2 Å². The van der Waals surface area contributed by atoms with Gasteiger partial charge in [-0.25, -0.2) is 19.2 Å². The molecular weight excluding hydrogens is 541 g/mol. The van der Waals surface area contributed by atoms with Gasteiger partial charge in [-0.15, -0.1) is 0 Å². The van der Waals surface area contributed by atoms with Crippen LogP contribution >= 0.6 is 0 Å². The van der Waals surface area contributed by atoms with E-state index >= 15 is 0 Å². The van der Waals surface area contributed by atoms with Crippen molar-refractivity contribution in [3.8, 4) is 22.9 Å². The van der Waals surface area contributed by atoms with Crippen LogP contribution < -0.4 is 25.0 Å². The maximum atomic E-state index is 13.8. The highest BCUT2D eigenvalue weighted by Crippen LogP contribution is 2.51. The molecule has 2 aliphatic heterocycles. The second kappa shape index (κ2) is 11.6. The first-order chi connectivity index (χ1) is 20.4. The molecule has 0 bridgehead atoms. The standard InChI is InChI=1S/C31H34FN5O5/c1-3-41-29-22(5-4-11-34-29)24-7-9-26(27(36-24)28(38)35-20-10-12-33-16-20)42-21-14-31(15-21)17-37(18-31)25-8-6-19(32)13-23(25)30(39)40-2/h4-9,11,13,20-21,33H,3,10,12,14-18H2,1-2H3,(H,35,38)/t20-/m1/s1. The van der Waals surface area contributed by atoms with Crippen LogP contribution in [-0.2, 0) is 4.74 Å². The van der Waals surface area contributed by atoms with E-state index in [-0.39, 0.29) is 34.7 Å². The Morgan fingerprint density at radius 1 is 1.19 bits per heavy atom. The van der Waals surface area contributed by atoms with Gasteiger partial charge in [0.2, 0.25) is 5.88 Å². The Hall–Kier alpha value is -4.25. The molecule has 1 spiro atoms. The molecule has 0 radical (unpaired) electrons. The van der Waals surface area contributed by atoms with E-state index in [0.29, 0.717) is 41.7 Å². The van der Waals surface area contributed by atoms with Crippen LogP contribution in [0.2, 0.25) is 0 Å². The van der Waals surface area contributed by atoms with Gasteiger partial charge in [-0.1, -0.05) is 0 Å². The molecule has 3 fully saturated rings. The molecule has 6 rings (SSSR count). The summed E-state index contributed by atoms with van der Waals surface area (Å²) < 4.78 is 30.7. The summed E-state index contributed by atoms with van der Waals surface area (Å²) in [5.74, 6) is -0.424. The molecule has 1 aliphatic carbocycles. The number of hydrogen-bond donors (Lipinski definition) is 2. The van der Waals surface area contributed by atoms with E-state index in [1.54, 1.807) is 18.3 Å². The first kappa shape index (κ1) is 27.9. The number of nitrogens with one attached hydrogen (secondary N) is 2. The van der Waals surface area contributed by atoms with Crippen molar-refractivity contribution in [2.45, 2.75) is 38.3 Å². The summed E-state index contributed by atoms with van der Waals surface area (Å²) in [6.07, 6.45) is 4.03. The second-order valence-electron chi connectivity index (χ2n) is 11.2. The van der Waals surface area contributed by atoms with Gasteiger partial charge in [0.1, 0.15) is 11.9 Å². The van der Waals surface area contributed by atoms with Crippen molar-refractivity contribution >= 4 is 17.6 Å². The first-order valence-corrected chi connectivity index (χ1v) is 14.3. The Bertz CT molecular complexity index is 1480. The highest BCUT2D eigenvalue weighted by molar-refractivity contribution is 5.96. The maximum Gasteiger partial charge on any atom is 0.340 e. The summed E-state index contributed by atoms with van der Waals surface area (Å²) >= 11 is 0. The molecule has 10 nitrogen and oxygen atoms in total. The highest BCUT2D eigenvalue weighted by Gasteiger charge is 2.54. The van der Waals surface area contributed by atoms with E-state index in [4.69, 9.17) is 19.2 Å². The molecule has 0 unspecified atom stereocenters. The third-order valence-electron chi connectivity index (χ3n) is 8.17. The molecule has 4 heterocycles. The minimum absolute atomic E-state index is 0.0301. The van der Waals surface area contributed by atoms with Crippen molar-refractivity contribution < 1.29 is 28.2 Å². The summed E-state index contributed by atoms with van der Waals surface area (Å²) in [4.78, 5) is 36.8. The predicted octanol–water partition coefficient (Wildman–Crippen LogP) is 3.61. The van der Waals surface area contributed by atoms with Crippen molar-refractivity contribution in [1.82, 2.24) is 20.6 Å². The fraction of sp³-hybridized carbons (Fsp3) is 0.419. The van der Waals surface area contributed by atoms with Crippen LogP contribution in [0.1, 0.15) is 47.0 Å². The monoisotopic (exact) mass is 575 g/mol. The zero-order valence-corrected chi connectivity index (χ0v) is 23.7. The van der Waals surface area contributed by atoms with Crippen LogP contribution in [0.25, 0.3) is 11.3 Å². The second-order valence-corrected chi connectivity index (χ2v) is 11.2. The number of carbonyl (C=O) groups excluding carboxylic acids is 2. The number of nitrogens with zero attached hydrogens (tertiary/aromatic N) is 3. The van der Waals surface area contributed by atoms with Gasteiger partial charge < -0.3 is 29.7 Å². The Labute approximate surface area is 243 Å². The zero-order valence-electron chi connectivity index (χ0n) is 23.7. The summed E-state index contributed by atoms with van der Waals surface area (Å²) in [6, 6.07) is 11.5. The number of esters is 1. The molecular formula is C31H34FN5O5. The lowest BCUT2D eigenvalue weighted by atomic mass is 9.61. The molecule has 1 aromatic carbocycles. The zero-order chi connectivity index (χ0) is 29.3. The predicted molar refractivity (Wildman–Crippen MR) is 153 cm³/mol. The molecule has 1 amide bonds. The molecule has 2 aromatic heterocycles. The quantitative estimate of drug-likeness (QED) is 0.369. The molecule has 3 aromatic rings. The Morgan fingerprint density at radius 3 is 2.76 bits per heavy atom. The van der Waals surface area contributed by atoms with Gasteiger partial charge in [-0.05, 0) is 75.2 Å². The Balaban J connectivity index is 1.17. The van der Waals surface area contributed by atoms with Gasteiger partial charge in [0.15, 0.2) is 11.4 Å². The minimum atomic E-state index is -0.560. The summed E-state index contributed by atoms with van der Waals surface area (Å²) in [5, 5.41) is 6.35. The Morgan fingerprint density at radius 2 is 2.02 bits per heavy atom. The lowest BCUT2D eigenvalue weighted by molar-refractivity contribution is -0.0345. The molecule has 220 valence electrons. The number of hydrogen-bond acceptors (Lipinski definition) is 9. The molecule has 1 atom stereocenters. The first-order valence-electron chi connectivity index (χ1n) is 14.3. The number of methoxy groups -OCH3 is 1. The van der Waals surface area contributed by atoms with E-state index < -0.39 is 11.8 Å². The Kier molecular flexibility index (Phi) is 7.68. The lowest BCUT2D eigenvalue weighted by Gasteiger charge is -2.59. The number of aromatic nitrogens is 2. The van der Waals surface area contributed by atoms with Crippen molar-refractivity contribution in [3.05, 3.63) is 65.7 Å². The van der Waals surface area contributed by atoms with Crippen LogP contribution in [0.15, 0.2) is 48.7 Å². The summed E-state index contributed by atoms with van der Waals surface area (Å²) in [5.41, 5.74) is 2.44. The number of rotatable bonds is 9. The van der Waals surface area contributed by atoms with Crippen LogP contribution in [0.4, 0.5) is 10.1 Å². The number of pyridine rings is 2. The number of benzene rings is 1. The molecule has 1 saturated carbocycles. The third-order valence-corrected chi connectivity index (χ3v) is 8.17. The van der Waals surface area contributed by atoms with E-state index in [0.717, 1.165) is 38.9 Å². The third kappa shape index (κ3) is 5.48. The lowest BCUT2D eigenvalue weighted by Crippen LogP contribution is -2.65. The van der Waals surface area contributed by atoms with Gasteiger partial charge in [-0.3, -0.25) is 4.79 Å². The van der Waals surface area contributed by atoms with Crippen LogP contribution in [0.5, 0.6) is 11.6 Å². The highest BCUT2D eigenvalue weighted by atomic mass is 19.1. The largest absolute Gasteiger partial charge is 0.488 e. The normalized spacial score (nSPS) is 19.1. The van der Waals surface area contributed by atoms with Crippen LogP contribution in [0, 0.1) is 11.2 Å². The van der Waals surface area contributed by atoms with Crippen molar-refractivity contribution in [2.75, 3.05) is 44.8 Å². The topological polar surface area (TPSA) is 115 Å². The van der Waals surface area contributed by atoms with Gasteiger partial charge >= 0.3 is 5.97 Å². The average molecular weight is 576 g/mol. The van der Waals surface area contributed by atoms with Gasteiger partial charge in [-0.2, -0.15) is 0 Å². The SMILES string of the molecule is CCOc1ncccc1-c1ccc(OC2CC3(C2)CN(c2ccc(F)cc2C(=O)OC)C3)c(C(=O)N[C@@H]2CCNC2)n1. The van der Waals surface area contributed by atoms with Crippen LogP contribution in [0.3, 0.4) is 0 Å². The average Bonchev–Trinajstić information content (AvgIpc) is 3.47. The smallest absolute Gasteiger partial charge is 0.340 e. The van der Waals surface area contributed by atoms with Gasteiger partial charge in [0, 0.05) is 37.3 Å². The number of halogens is 1. The number of anilines is 1. The molecule has 2 N–H and O–H groups in total.